The third-order valence-electron chi connectivity index (χ3n) is 3.32. The fraction of sp³-hybridized carbons (Fsp3) is 0.267. The van der Waals surface area contributed by atoms with Crippen molar-refractivity contribution in [2.75, 3.05) is 6.61 Å². The summed E-state index contributed by atoms with van der Waals surface area (Å²) in [6, 6.07) is 2.54. The zero-order valence-corrected chi connectivity index (χ0v) is 12.7. The third-order valence-corrected chi connectivity index (χ3v) is 3.32. The van der Waals surface area contributed by atoms with E-state index in [1.807, 2.05) is 0 Å². The lowest BCUT2D eigenvalue weighted by Crippen LogP contribution is -2.31. The third kappa shape index (κ3) is 3.22. The van der Waals surface area contributed by atoms with E-state index in [2.05, 4.69) is 9.97 Å². The Morgan fingerprint density at radius 2 is 2.29 bits per heavy atom. The molecule has 0 saturated heterocycles. The second-order valence-electron chi connectivity index (χ2n) is 5.02. The molecule has 1 aliphatic rings. The normalized spacial score (nSPS) is 18.6. The Morgan fingerprint density at radius 3 is 3.00 bits per heavy atom. The van der Waals surface area contributed by atoms with Gasteiger partial charge in [-0.2, -0.15) is 0 Å². The molecule has 0 saturated carbocycles. The number of carbonyl (C=O) groups excluding carboxylic acids is 1. The van der Waals surface area contributed by atoms with Gasteiger partial charge in [-0.15, -0.1) is 0 Å². The monoisotopic (exact) mass is 331 g/mol. The molecule has 1 unspecified atom stereocenters. The van der Waals surface area contributed by atoms with Crippen molar-refractivity contribution in [2.24, 2.45) is 0 Å². The van der Waals surface area contributed by atoms with Gasteiger partial charge in [0.05, 0.1) is 12.8 Å². The lowest BCUT2D eigenvalue weighted by molar-refractivity contribution is -0.174. The molecule has 1 atom stereocenters. The van der Waals surface area contributed by atoms with Crippen LogP contribution in [0.15, 0.2) is 30.7 Å². The maximum absolute atomic E-state index is 14.5. The summed E-state index contributed by atoms with van der Waals surface area (Å²) in [5.41, 5.74) is 0.128. The van der Waals surface area contributed by atoms with Gasteiger partial charge in [0, 0.05) is 24.0 Å². The Balaban J connectivity index is 1.86. The van der Waals surface area contributed by atoms with Gasteiger partial charge in [0.25, 0.3) is 0 Å². The summed E-state index contributed by atoms with van der Waals surface area (Å²) in [7, 11) is 1.17. The Hall–Kier alpha value is -2.52. The number of aromatic nitrogens is 2. The van der Waals surface area contributed by atoms with Crippen LogP contribution in [0.3, 0.4) is 0 Å². The SMILES string of the molecule is CCOC(=O)CC1(O)O[B]c2cc(Oc3cnccn3)cc(F)c21. The first kappa shape index (κ1) is 16.3. The number of nitrogens with zero attached hydrogens (tertiary/aromatic N) is 2. The maximum Gasteiger partial charge on any atom is 0.335 e. The second kappa shape index (κ2) is 6.54. The molecule has 0 bridgehead atoms. The first-order valence-electron chi connectivity index (χ1n) is 7.19. The van der Waals surface area contributed by atoms with E-state index in [9.17, 15) is 14.3 Å². The number of rotatable bonds is 5. The number of ether oxygens (including phenoxy) is 2. The van der Waals surface area contributed by atoms with Crippen LogP contribution in [0.5, 0.6) is 11.6 Å². The fourth-order valence-corrected chi connectivity index (χ4v) is 2.38. The van der Waals surface area contributed by atoms with Crippen LogP contribution in [0, 0.1) is 5.82 Å². The van der Waals surface area contributed by atoms with Crippen molar-refractivity contribution in [1.82, 2.24) is 9.97 Å². The molecule has 1 radical (unpaired) electrons. The molecule has 1 aromatic carbocycles. The van der Waals surface area contributed by atoms with Crippen molar-refractivity contribution in [2.45, 2.75) is 19.1 Å². The topological polar surface area (TPSA) is 90.8 Å². The standard InChI is InChI=1S/C15H13BFN2O5/c1-2-22-13(20)7-15(21)14-10(16-24-15)5-9(6-11(14)17)23-12-8-18-3-4-19-12/h3-6,8,21H,2,7H2,1H3. The minimum Gasteiger partial charge on any atom is -0.466 e. The number of carbonyl (C=O) groups is 1. The van der Waals surface area contributed by atoms with E-state index >= 15 is 0 Å². The number of hydrogen-bond donors (Lipinski definition) is 1. The van der Waals surface area contributed by atoms with Gasteiger partial charge in [-0.25, -0.2) is 9.37 Å². The van der Waals surface area contributed by atoms with Gasteiger partial charge >= 0.3 is 13.5 Å². The van der Waals surface area contributed by atoms with E-state index in [0.29, 0.717) is 0 Å². The molecule has 1 N–H and O–H groups in total. The Kier molecular flexibility index (Phi) is 4.45. The van der Waals surface area contributed by atoms with Gasteiger partial charge in [-0.05, 0) is 18.5 Å². The number of esters is 1. The van der Waals surface area contributed by atoms with Crippen molar-refractivity contribution < 1.29 is 28.4 Å². The molecule has 2 heterocycles. The van der Waals surface area contributed by atoms with Gasteiger partial charge < -0.3 is 19.2 Å². The average molecular weight is 331 g/mol. The van der Waals surface area contributed by atoms with E-state index in [1.165, 1.54) is 32.1 Å². The molecule has 7 nitrogen and oxygen atoms in total. The number of benzene rings is 1. The quantitative estimate of drug-likeness (QED) is 0.639. The van der Waals surface area contributed by atoms with E-state index in [4.69, 9.17) is 14.1 Å². The lowest BCUT2D eigenvalue weighted by Gasteiger charge is -2.23. The van der Waals surface area contributed by atoms with E-state index in [-0.39, 0.29) is 29.3 Å². The molecular weight excluding hydrogens is 318 g/mol. The largest absolute Gasteiger partial charge is 0.466 e. The van der Waals surface area contributed by atoms with Crippen LogP contribution in [-0.4, -0.2) is 35.1 Å². The minimum atomic E-state index is -2.10. The number of hydrogen-bond acceptors (Lipinski definition) is 7. The van der Waals surface area contributed by atoms with Crippen molar-refractivity contribution in [3.8, 4) is 11.6 Å². The van der Waals surface area contributed by atoms with Gasteiger partial charge in [-0.3, -0.25) is 9.78 Å². The first-order chi connectivity index (χ1) is 11.5. The van der Waals surface area contributed by atoms with Crippen molar-refractivity contribution in [3.63, 3.8) is 0 Å². The van der Waals surface area contributed by atoms with Crippen LogP contribution >= 0.6 is 0 Å². The van der Waals surface area contributed by atoms with Crippen LogP contribution in [0.2, 0.25) is 0 Å². The van der Waals surface area contributed by atoms with Crippen molar-refractivity contribution >= 4 is 18.9 Å². The van der Waals surface area contributed by atoms with Crippen LogP contribution < -0.4 is 10.2 Å². The molecule has 123 valence electrons. The Labute approximate surface area is 137 Å². The first-order valence-corrected chi connectivity index (χ1v) is 7.19. The highest BCUT2D eigenvalue weighted by atomic mass is 19.1. The highest BCUT2D eigenvalue weighted by molar-refractivity contribution is 6.49. The maximum atomic E-state index is 14.5. The Bertz CT molecular complexity index is 761. The summed E-state index contributed by atoms with van der Waals surface area (Å²) in [5, 5.41) is 10.4. The Morgan fingerprint density at radius 1 is 1.46 bits per heavy atom. The molecule has 3 rings (SSSR count). The molecule has 24 heavy (non-hydrogen) atoms. The average Bonchev–Trinajstić information content (AvgIpc) is 2.85. The van der Waals surface area contributed by atoms with E-state index in [1.54, 1.807) is 6.92 Å². The summed E-state index contributed by atoms with van der Waals surface area (Å²) < 4.78 is 29.8. The lowest BCUT2D eigenvalue weighted by atomic mass is 9.85. The molecule has 0 amide bonds. The van der Waals surface area contributed by atoms with Crippen molar-refractivity contribution in [3.05, 3.63) is 42.1 Å². The van der Waals surface area contributed by atoms with E-state index in [0.717, 1.165) is 6.07 Å². The van der Waals surface area contributed by atoms with Crippen LogP contribution in [0.25, 0.3) is 0 Å². The summed E-state index contributed by atoms with van der Waals surface area (Å²) >= 11 is 0. The molecule has 1 aliphatic heterocycles. The summed E-state index contributed by atoms with van der Waals surface area (Å²) in [4.78, 5) is 19.4. The smallest absolute Gasteiger partial charge is 0.335 e. The summed E-state index contributed by atoms with van der Waals surface area (Å²) in [5.74, 6) is -3.21. The highest BCUT2D eigenvalue weighted by Crippen LogP contribution is 2.34. The van der Waals surface area contributed by atoms with Crippen LogP contribution in [-0.2, 0) is 20.0 Å². The number of aliphatic hydroxyl groups is 1. The number of fused-ring (bicyclic) bond motifs is 1. The summed E-state index contributed by atoms with van der Waals surface area (Å²) in [6.45, 7) is 1.78. The van der Waals surface area contributed by atoms with Gasteiger partial charge in [0.15, 0.2) is 5.79 Å². The summed E-state index contributed by atoms with van der Waals surface area (Å²) in [6.07, 6.45) is 3.77. The van der Waals surface area contributed by atoms with Crippen molar-refractivity contribution in [1.29, 1.82) is 0 Å². The molecule has 9 heteroatoms. The molecule has 2 aromatic rings. The molecule has 0 fully saturated rings. The van der Waals surface area contributed by atoms with Crippen LogP contribution in [0.1, 0.15) is 18.9 Å². The van der Waals surface area contributed by atoms with Gasteiger partial charge in [0.2, 0.25) is 5.88 Å². The fourth-order valence-electron chi connectivity index (χ4n) is 2.38. The number of halogens is 1. The van der Waals surface area contributed by atoms with Crippen LogP contribution in [0.4, 0.5) is 4.39 Å². The molecular formula is C15H13BFN2O5. The van der Waals surface area contributed by atoms with Gasteiger partial charge in [-0.1, -0.05) is 0 Å². The predicted octanol–water partition coefficient (Wildman–Crippen LogP) is 0.781. The molecule has 0 aliphatic carbocycles. The van der Waals surface area contributed by atoms with Gasteiger partial charge in [0.1, 0.15) is 18.0 Å². The minimum absolute atomic E-state index is 0.137. The highest BCUT2D eigenvalue weighted by Gasteiger charge is 2.44. The predicted molar refractivity (Wildman–Crippen MR) is 80.1 cm³/mol. The molecule has 1 aromatic heterocycles. The van der Waals surface area contributed by atoms with E-state index < -0.39 is 24.0 Å². The zero-order valence-electron chi connectivity index (χ0n) is 12.7. The molecule has 0 spiro atoms. The second-order valence-corrected chi connectivity index (χ2v) is 5.02. The zero-order chi connectivity index (χ0) is 17.2.